The molecule has 0 aromatic rings. The SMILES string of the molecule is CCN(CC)[Si]1(C)O[SiH](C)O[SiH](C)O[SiH](C)O1. The first-order valence-corrected chi connectivity index (χ1v) is 14.9. The fourth-order valence-electron chi connectivity index (χ4n) is 2.22. The summed E-state index contributed by atoms with van der Waals surface area (Å²) in [7, 11) is -7.01. The zero-order valence-corrected chi connectivity index (χ0v) is 16.2. The van der Waals surface area contributed by atoms with E-state index in [2.05, 4.69) is 44.6 Å². The Hall–Kier alpha value is 0.668. The van der Waals surface area contributed by atoms with Crippen molar-refractivity contribution in [3.8, 4) is 0 Å². The van der Waals surface area contributed by atoms with Gasteiger partial charge in [0.05, 0.1) is 0 Å². The number of hydrogen-bond acceptors (Lipinski definition) is 5. The maximum Gasteiger partial charge on any atom is 0.406 e. The molecular formula is C8H25NO4Si4. The van der Waals surface area contributed by atoms with Crippen molar-refractivity contribution in [2.75, 3.05) is 13.1 Å². The van der Waals surface area contributed by atoms with Crippen LogP contribution in [-0.4, -0.2) is 54.2 Å². The topological polar surface area (TPSA) is 40.2 Å². The summed E-state index contributed by atoms with van der Waals surface area (Å²) in [6.45, 7) is 14.5. The van der Waals surface area contributed by atoms with Crippen LogP contribution in [0.25, 0.3) is 0 Å². The smallest absolute Gasteiger partial charge is 0.406 e. The molecule has 5 nitrogen and oxygen atoms in total. The summed E-state index contributed by atoms with van der Waals surface area (Å²) < 4.78 is 26.5. The van der Waals surface area contributed by atoms with E-state index in [0.29, 0.717) is 0 Å². The van der Waals surface area contributed by atoms with E-state index in [9.17, 15) is 0 Å². The van der Waals surface area contributed by atoms with Crippen molar-refractivity contribution in [3.63, 3.8) is 0 Å². The Morgan fingerprint density at radius 2 is 1.29 bits per heavy atom. The van der Waals surface area contributed by atoms with Crippen molar-refractivity contribution < 1.29 is 16.5 Å². The Morgan fingerprint density at radius 3 is 1.65 bits per heavy atom. The van der Waals surface area contributed by atoms with Crippen molar-refractivity contribution in [1.29, 1.82) is 0 Å². The summed E-state index contributed by atoms with van der Waals surface area (Å²) >= 11 is 0. The summed E-state index contributed by atoms with van der Waals surface area (Å²) in [6.07, 6.45) is 0. The minimum Gasteiger partial charge on any atom is -0.420 e. The fraction of sp³-hybridized carbons (Fsp3) is 1.00. The summed E-state index contributed by atoms with van der Waals surface area (Å²) in [5.41, 5.74) is 0. The number of hydrogen-bond donors (Lipinski definition) is 0. The van der Waals surface area contributed by atoms with E-state index < -0.39 is 36.6 Å². The Labute approximate surface area is 111 Å². The van der Waals surface area contributed by atoms with Crippen molar-refractivity contribution in [3.05, 3.63) is 0 Å². The lowest BCUT2D eigenvalue weighted by Gasteiger charge is -2.42. The van der Waals surface area contributed by atoms with Gasteiger partial charge in [-0.15, -0.1) is 0 Å². The van der Waals surface area contributed by atoms with Crippen molar-refractivity contribution in [2.24, 2.45) is 0 Å². The van der Waals surface area contributed by atoms with E-state index in [1.165, 1.54) is 0 Å². The second-order valence-electron chi connectivity index (χ2n) is 4.28. The van der Waals surface area contributed by atoms with Crippen LogP contribution in [-0.2, 0) is 16.5 Å². The molecule has 1 fully saturated rings. The van der Waals surface area contributed by atoms with Crippen LogP contribution in [0.4, 0.5) is 0 Å². The molecule has 17 heavy (non-hydrogen) atoms. The average molecular weight is 312 g/mol. The van der Waals surface area contributed by atoms with Crippen LogP contribution < -0.4 is 0 Å². The van der Waals surface area contributed by atoms with Gasteiger partial charge in [-0.05, 0) is 39.3 Å². The van der Waals surface area contributed by atoms with Crippen LogP contribution >= 0.6 is 0 Å². The molecule has 1 saturated heterocycles. The van der Waals surface area contributed by atoms with E-state index in [1.54, 1.807) is 0 Å². The third-order valence-electron chi connectivity index (χ3n) is 2.87. The molecule has 0 radical (unpaired) electrons. The molecule has 1 rings (SSSR count). The molecule has 0 N–H and O–H groups in total. The van der Waals surface area contributed by atoms with Crippen LogP contribution in [0.5, 0.6) is 0 Å². The largest absolute Gasteiger partial charge is 0.420 e. The third-order valence-corrected chi connectivity index (χ3v) is 16.9. The van der Waals surface area contributed by atoms with Gasteiger partial charge >= 0.3 is 27.3 Å². The highest BCUT2D eigenvalue weighted by Gasteiger charge is 2.44. The maximum absolute atomic E-state index is 6.21. The van der Waals surface area contributed by atoms with E-state index in [1.807, 2.05) is 0 Å². The summed E-state index contributed by atoms with van der Waals surface area (Å²) in [5, 5.41) is 0. The highest BCUT2D eigenvalue weighted by atomic mass is 28.5. The first-order valence-electron chi connectivity index (χ1n) is 6.32. The Morgan fingerprint density at radius 1 is 0.882 bits per heavy atom. The van der Waals surface area contributed by atoms with Gasteiger partial charge < -0.3 is 16.5 Å². The minimum atomic E-state index is -2.28. The minimum absolute atomic E-state index is 0.953. The van der Waals surface area contributed by atoms with Gasteiger partial charge in [-0.25, -0.2) is 0 Å². The summed E-state index contributed by atoms with van der Waals surface area (Å²) in [4.78, 5) is 0. The molecular weight excluding hydrogens is 286 g/mol. The van der Waals surface area contributed by atoms with Crippen LogP contribution in [0.2, 0.25) is 26.2 Å². The monoisotopic (exact) mass is 311 g/mol. The Balaban J connectivity index is 2.81. The molecule has 102 valence electrons. The Kier molecular flexibility index (Phi) is 6.22. The van der Waals surface area contributed by atoms with Gasteiger partial charge in [0.1, 0.15) is 0 Å². The van der Waals surface area contributed by atoms with Crippen LogP contribution in [0.1, 0.15) is 13.8 Å². The zero-order chi connectivity index (χ0) is 13.1. The molecule has 2 atom stereocenters. The number of rotatable bonds is 3. The normalized spacial score (nSPS) is 40.1. The lowest BCUT2D eigenvalue weighted by Crippen LogP contribution is -2.63. The van der Waals surface area contributed by atoms with Gasteiger partial charge in [0.15, 0.2) is 0 Å². The fourth-order valence-corrected chi connectivity index (χ4v) is 16.8. The molecule has 0 bridgehead atoms. The molecule has 0 amide bonds. The molecule has 0 spiro atoms. The van der Waals surface area contributed by atoms with E-state index in [0.717, 1.165) is 13.1 Å². The molecule has 1 aliphatic heterocycles. The first kappa shape index (κ1) is 15.7. The van der Waals surface area contributed by atoms with Crippen LogP contribution in [0, 0.1) is 0 Å². The molecule has 0 saturated carbocycles. The van der Waals surface area contributed by atoms with Gasteiger partial charge in [0.2, 0.25) is 0 Å². The van der Waals surface area contributed by atoms with E-state index >= 15 is 0 Å². The van der Waals surface area contributed by atoms with Crippen molar-refractivity contribution in [1.82, 2.24) is 4.57 Å². The average Bonchev–Trinajstić information content (AvgIpc) is 2.15. The Bertz CT molecular complexity index is 230. The van der Waals surface area contributed by atoms with Gasteiger partial charge in [0, 0.05) is 0 Å². The molecule has 1 heterocycles. The highest BCUT2D eigenvalue weighted by Crippen LogP contribution is 2.19. The van der Waals surface area contributed by atoms with Crippen molar-refractivity contribution >= 4 is 36.6 Å². The highest BCUT2D eigenvalue weighted by molar-refractivity contribution is 6.79. The molecule has 0 aromatic carbocycles. The van der Waals surface area contributed by atoms with Crippen LogP contribution in [0.3, 0.4) is 0 Å². The lowest BCUT2D eigenvalue weighted by atomic mass is 10.7. The standard InChI is InChI=1S/C8H25NO4Si4/c1-7-9(8-2)17(6)12-15(4)10-14(3)11-16(5)13-17/h14-16H,7-8H2,1-6H3. The molecule has 0 aliphatic carbocycles. The van der Waals surface area contributed by atoms with Gasteiger partial charge in [-0.1, -0.05) is 13.8 Å². The maximum atomic E-state index is 6.21. The summed E-state index contributed by atoms with van der Waals surface area (Å²) in [6, 6.07) is 0. The second kappa shape index (κ2) is 6.72. The number of nitrogens with zero attached hydrogens (tertiary/aromatic N) is 1. The molecule has 1 aliphatic rings. The van der Waals surface area contributed by atoms with Gasteiger partial charge in [-0.3, -0.25) is 4.57 Å². The van der Waals surface area contributed by atoms with Crippen LogP contribution in [0.15, 0.2) is 0 Å². The van der Waals surface area contributed by atoms with Gasteiger partial charge in [0.25, 0.3) is 9.28 Å². The molecule has 9 heteroatoms. The molecule has 0 aromatic heterocycles. The zero-order valence-electron chi connectivity index (χ0n) is 11.7. The predicted octanol–water partition coefficient (Wildman–Crippen LogP) is 0.528. The third kappa shape index (κ3) is 4.36. The van der Waals surface area contributed by atoms with E-state index in [4.69, 9.17) is 16.5 Å². The second-order valence-corrected chi connectivity index (χ2v) is 14.2. The summed E-state index contributed by atoms with van der Waals surface area (Å²) in [5.74, 6) is 0. The lowest BCUT2D eigenvalue weighted by molar-refractivity contribution is 0.215. The van der Waals surface area contributed by atoms with E-state index in [-0.39, 0.29) is 0 Å². The quantitative estimate of drug-likeness (QED) is 0.711. The van der Waals surface area contributed by atoms with Gasteiger partial charge in [-0.2, -0.15) is 0 Å². The predicted molar refractivity (Wildman–Crippen MR) is 77.9 cm³/mol. The molecule has 2 unspecified atom stereocenters. The van der Waals surface area contributed by atoms with Crippen molar-refractivity contribution in [2.45, 2.75) is 40.0 Å². The first-order chi connectivity index (χ1) is 7.91.